The summed E-state index contributed by atoms with van der Waals surface area (Å²) in [5, 5.41) is 20.9. The van der Waals surface area contributed by atoms with Gasteiger partial charge in [0.1, 0.15) is 0 Å². The minimum Gasteiger partial charge on any atom is -0.504 e. The van der Waals surface area contributed by atoms with Crippen LogP contribution in [0.1, 0.15) is 83.3 Å². The molecule has 0 bridgehead atoms. The second kappa shape index (κ2) is 12.0. The number of unbranched alkanes of at least 4 members (excludes halogenated alkanes) is 2. The molecule has 0 aliphatic rings. The van der Waals surface area contributed by atoms with Crippen molar-refractivity contribution < 1.29 is 19.7 Å². The predicted octanol–water partition coefficient (Wildman–Crippen LogP) is 6.38. The zero-order chi connectivity index (χ0) is 20.4. The van der Waals surface area contributed by atoms with E-state index in [0.717, 1.165) is 24.3 Å². The van der Waals surface area contributed by atoms with E-state index < -0.39 is 0 Å². The minimum atomic E-state index is 0.0516. The number of benzene rings is 1. The van der Waals surface area contributed by atoms with Gasteiger partial charge in [0.15, 0.2) is 11.5 Å². The van der Waals surface area contributed by atoms with E-state index >= 15 is 0 Å². The van der Waals surface area contributed by atoms with Crippen molar-refractivity contribution in [2.75, 3.05) is 14.2 Å². The Kier molecular flexibility index (Phi) is 10.4. The van der Waals surface area contributed by atoms with E-state index in [1.54, 1.807) is 0 Å². The second-order valence-electron chi connectivity index (χ2n) is 8.04. The Balaban J connectivity index is 2.57. The highest BCUT2D eigenvalue weighted by Gasteiger charge is 2.23. The maximum absolute atomic E-state index is 10.6. The third-order valence-corrected chi connectivity index (χ3v) is 5.72. The van der Waals surface area contributed by atoms with Crippen LogP contribution in [0.5, 0.6) is 23.0 Å². The van der Waals surface area contributed by atoms with Crippen LogP contribution in [0, 0.1) is 18.8 Å². The Morgan fingerprint density at radius 2 is 1.30 bits per heavy atom. The van der Waals surface area contributed by atoms with E-state index in [0.29, 0.717) is 11.5 Å². The van der Waals surface area contributed by atoms with Crippen LogP contribution in [-0.4, -0.2) is 24.4 Å². The summed E-state index contributed by atoms with van der Waals surface area (Å²) in [5.41, 5.74) is 1.42. The molecule has 1 aromatic carbocycles. The van der Waals surface area contributed by atoms with Crippen LogP contribution in [0.15, 0.2) is 0 Å². The molecule has 2 atom stereocenters. The standard InChI is InChI=1S/C23H40O4/c1-7-8-9-11-16(2)12-10-13-17(3)14-15-19-18(4)20(24)22(26-5)23(27-6)21(19)25/h16-17,24-25H,7-15H2,1-6H3/t16-,17-/m1/s1. The van der Waals surface area contributed by atoms with Crippen molar-refractivity contribution in [3.8, 4) is 23.0 Å². The van der Waals surface area contributed by atoms with Gasteiger partial charge in [0.25, 0.3) is 0 Å². The predicted molar refractivity (Wildman–Crippen MR) is 112 cm³/mol. The highest BCUT2D eigenvalue weighted by molar-refractivity contribution is 5.65. The molecule has 0 aromatic heterocycles. The normalized spacial score (nSPS) is 13.4. The summed E-state index contributed by atoms with van der Waals surface area (Å²) in [6.07, 6.45) is 10.8. The molecule has 1 aromatic rings. The van der Waals surface area contributed by atoms with Gasteiger partial charge in [0, 0.05) is 11.1 Å². The maximum atomic E-state index is 10.6. The fourth-order valence-corrected chi connectivity index (χ4v) is 3.76. The van der Waals surface area contributed by atoms with Gasteiger partial charge in [-0.25, -0.2) is 0 Å². The van der Waals surface area contributed by atoms with Crippen molar-refractivity contribution in [3.05, 3.63) is 11.1 Å². The number of phenolic OH excluding ortho intramolecular Hbond substituents is 2. The first-order valence-electron chi connectivity index (χ1n) is 10.5. The third-order valence-electron chi connectivity index (χ3n) is 5.72. The van der Waals surface area contributed by atoms with Crippen molar-refractivity contribution in [1.29, 1.82) is 0 Å². The van der Waals surface area contributed by atoms with Gasteiger partial charge < -0.3 is 19.7 Å². The smallest absolute Gasteiger partial charge is 0.207 e. The van der Waals surface area contributed by atoms with Crippen molar-refractivity contribution in [1.82, 2.24) is 0 Å². The zero-order valence-electron chi connectivity index (χ0n) is 18.2. The van der Waals surface area contributed by atoms with Crippen molar-refractivity contribution in [2.45, 2.75) is 85.5 Å². The van der Waals surface area contributed by atoms with E-state index in [9.17, 15) is 10.2 Å². The molecule has 0 aliphatic carbocycles. The number of methoxy groups -OCH3 is 2. The fourth-order valence-electron chi connectivity index (χ4n) is 3.76. The van der Waals surface area contributed by atoms with Gasteiger partial charge in [-0.3, -0.25) is 0 Å². The summed E-state index contributed by atoms with van der Waals surface area (Å²) in [6.45, 7) is 8.71. The van der Waals surface area contributed by atoms with E-state index in [1.165, 1.54) is 59.2 Å². The summed E-state index contributed by atoms with van der Waals surface area (Å²) in [4.78, 5) is 0. The summed E-state index contributed by atoms with van der Waals surface area (Å²) < 4.78 is 10.4. The molecule has 4 heteroatoms. The SMILES string of the molecule is CCCCC[C@@H](C)CCC[C@@H](C)CCc1c(C)c(O)c(OC)c(OC)c1O. The average Bonchev–Trinajstić information content (AvgIpc) is 2.64. The molecule has 0 unspecified atom stereocenters. The Bertz CT molecular complexity index is 568. The first kappa shape index (κ1) is 23.5. The number of rotatable bonds is 13. The van der Waals surface area contributed by atoms with Crippen LogP contribution in [0.3, 0.4) is 0 Å². The molecule has 0 amide bonds. The molecule has 4 nitrogen and oxygen atoms in total. The molecule has 0 spiro atoms. The number of hydrogen-bond acceptors (Lipinski definition) is 4. The summed E-state index contributed by atoms with van der Waals surface area (Å²) >= 11 is 0. The molecule has 1 rings (SSSR count). The van der Waals surface area contributed by atoms with E-state index in [-0.39, 0.29) is 23.0 Å². The van der Waals surface area contributed by atoms with Crippen molar-refractivity contribution in [3.63, 3.8) is 0 Å². The lowest BCUT2D eigenvalue weighted by Crippen LogP contribution is -2.03. The quantitative estimate of drug-likeness (QED) is 0.308. The van der Waals surface area contributed by atoms with E-state index in [2.05, 4.69) is 20.8 Å². The molecule has 0 heterocycles. The lowest BCUT2D eigenvalue weighted by atomic mass is 9.91. The number of phenols is 2. The molecular formula is C23H40O4. The molecule has 0 aliphatic heterocycles. The first-order valence-corrected chi connectivity index (χ1v) is 10.5. The Labute approximate surface area is 165 Å². The Morgan fingerprint density at radius 1 is 0.778 bits per heavy atom. The molecule has 0 fully saturated rings. The number of hydrogen-bond donors (Lipinski definition) is 2. The van der Waals surface area contributed by atoms with Crippen LogP contribution in [0.4, 0.5) is 0 Å². The average molecular weight is 381 g/mol. The topological polar surface area (TPSA) is 58.9 Å². The Hall–Kier alpha value is -1.58. The highest BCUT2D eigenvalue weighted by atomic mass is 16.5. The number of aromatic hydroxyl groups is 2. The Morgan fingerprint density at radius 3 is 1.85 bits per heavy atom. The molecule has 2 N–H and O–H groups in total. The summed E-state index contributed by atoms with van der Waals surface area (Å²) in [6, 6.07) is 0. The highest BCUT2D eigenvalue weighted by Crippen LogP contribution is 2.48. The number of ether oxygens (including phenoxy) is 2. The molecule has 27 heavy (non-hydrogen) atoms. The van der Waals surface area contributed by atoms with Gasteiger partial charge in [-0.05, 0) is 31.6 Å². The van der Waals surface area contributed by atoms with Crippen LogP contribution in [0.2, 0.25) is 0 Å². The molecule has 0 saturated carbocycles. The van der Waals surface area contributed by atoms with Crippen LogP contribution in [0.25, 0.3) is 0 Å². The van der Waals surface area contributed by atoms with Gasteiger partial charge in [-0.15, -0.1) is 0 Å². The molecule has 156 valence electrons. The molecule has 0 saturated heterocycles. The third kappa shape index (κ3) is 6.82. The van der Waals surface area contributed by atoms with Crippen LogP contribution < -0.4 is 9.47 Å². The minimum absolute atomic E-state index is 0.0516. The van der Waals surface area contributed by atoms with Gasteiger partial charge in [0.05, 0.1) is 14.2 Å². The maximum Gasteiger partial charge on any atom is 0.207 e. The lowest BCUT2D eigenvalue weighted by Gasteiger charge is -2.19. The zero-order valence-corrected chi connectivity index (χ0v) is 18.2. The second-order valence-corrected chi connectivity index (χ2v) is 8.04. The fraction of sp³-hybridized carbons (Fsp3) is 0.739. The van der Waals surface area contributed by atoms with E-state index in [1.807, 2.05) is 6.92 Å². The lowest BCUT2D eigenvalue weighted by molar-refractivity contribution is 0.313. The monoisotopic (exact) mass is 380 g/mol. The van der Waals surface area contributed by atoms with Crippen molar-refractivity contribution in [2.24, 2.45) is 11.8 Å². The van der Waals surface area contributed by atoms with Crippen LogP contribution >= 0.6 is 0 Å². The largest absolute Gasteiger partial charge is 0.504 e. The van der Waals surface area contributed by atoms with Gasteiger partial charge in [0.2, 0.25) is 11.5 Å². The summed E-state index contributed by atoms with van der Waals surface area (Å²) in [7, 11) is 2.93. The summed E-state index contributed by atoms with van der Waals surface area (Å²) in [5.74, 6) is 1.95. The molecular weight excluding hydrogens is 340 g/mol. The van der Waals surface area contributed by atoms with E-state index in [4.69, 9.17) is 9.47 Å². The van der Waals surface area contributed by atoms with Gasteiger partial charge in [-0.2, -0.15) is 0 Å². The van der Waals surface area contributed by atoms with Crippen LogP contribution in [-0.2, 0) is 6.42 Å². The van der Waals surface area contributed by atoms with Crippen molar-refractivity contribution >= 4 is 0 Å². The van der Waals surface area contributed by atoms with Gasteiger partial charge >= 0.3 is 0 Å². The first-order chi connectivity index (χ1) is 12.9. The molecule has 0 radical (unpaired) electrons. The van der Waals surface area contributed by atoms with Gasteiger partial charge in [-0.1, -0.05) is 65.7 Å².